The summed E-state index contributed by atoms with van der Waals surface area (Å²) in [4.78, 5) is 26.3. The van der Waals surface area contributed by atoms with Crippen LogP contribution in [0.15, 0.2) is 6.33 Å². The van der Waals surface area contributed by atoms with Gasteiger partial charge in [-0.2, -0.15) is 0 Å². The predicted molar refractivity (Wildman–Crippen MR) is 41.2 cm³/mol. The van der Waals surface area contributed by atoms with Crippen LogP contribution in [-0.4, -0.2) is 27.5 Å². The normalized spacial score (nSPS) is 9.62. The van der Waals surface area contributed by atoms with Crippen molar-refractivity contribution in [3.05, 3.63) is 22.1 Å². The minimum absolute atomic E-state index is 0.156. The first kappa shape index (κ1) is 9.17. The van der Waals surface area contributed by atoms with Gasteiger partial charge in [-0.1, -0.05) is 0 Å². The van der Waals surface area contributed by atoms with E-state index in [0.717, 1.165) is 6.33 Å². The van der Waals surface area contributed by atoms with E-state index in [4.69, 9.17) is 0 Å². The van der Waals surface area contributed by atoms with Gasteiger partial charge in [0.25, 0.3) is 0 Å². The average molecular weight is 185 g/mol. The van der Waals surface area contributed by atoms with Gasteiger partial charge in [-0.3, -0.25) is 0 Å². The molecule has 0 bridgehead atoms. The summed E-state index contributed by atoms with van der Waals surface area (Å²) in [6.07, 6.45) is 1.07. The van der Waals surface area contributed by atoms with Crippen LogP contribution >= 0.6 is 0 Å². The summed E-state index contributed by atoms with van der Waals surface area (Å²) in [5, 5.41) is 10.3. The van der Waals surface area contributed by atoms with E-state index >= 15 is 0 Å². The minimum atomic E-state index is -0.796. The summed E-state index contributed by atoms with van der Waals surface area (Å²) >= 11 is 0. The van der Waals surface area contributed by atoms with Crippen molar-refractivity contribution in [1.29, 1.82) is 0 Å². The lowest BCUT2D eigenvalue weighted by Crippen LogP contribution is -2.07. The van der Waals surface area contributed by atoms with Gasteiger partial charge in [0.1, 0.15) is 0 Å². The number of imidazole rings is 1. The van der Waals surface area contributed by atoms with Crippen LogP contribution in [0.3, 0.4) is 0 Å². The Hall–Kier alpha value is -1.92. The Labute approximate surface area is 72.9 Å². The number of aromatic amines is 1. The molecule has 1 rings (SSSR count). The highest BCUT2D eigenvalue weighted by Gasteiger charge is 2.23. The number of esters is 1. The number of hydrogen-bond acceptors (Lipinski definition) is 5. The molecule has 1 heterocycles. The number of nitrogens with zero attached hydrogens (tertiary/aromatic N) is 2. The van der Waals surface area contributed by atoms with Crippen molar-refractivity contribution >= 4 is 11.8 Å². The second-order valence-corrected chi connectivity index (χ2v) is 2.08. The van der Waals surface area contributed by atoms with Crippen LogP contribution in [0.5, 0.6) is 0 Å². The first-order valence-corrected chi connectivity index (χ1v) is 3.51. The smallest absolute Gasteiger partial charge is 0.365 e. The van der Waals surface area contributed by atoms with Crippen LogP contribution in [-0.2, 0) is 4.74 Å². The molecule has 0 spiro atoms. The van der Waals surface area contributed by atoms with Crippen molar-refractivity contribution in [2.24, 2.45) is 0 Å². The molecule has 0 aliphatic rings. The van der Waals surface area contributed by atoms with Crippen LogP contribution in [0, 0.1) is 10.1 Å². The summed E-state index contributed by atoms with van der Waals surface area (Å²) in [6, 6.07) is 0. The number of ether oxygens (including phenoxy) is 1. The molecular weight excluding hydrogens is 178 g/mol. The number of carbonyl (C=O) groups is 1. The predicted octanol–water partition coefficient (Wildman–Crippen LogP) is 0.495. The van der Waals surface area contributed by atoms with E-state index < -0.39 is 16.7 Å². The molecule has 70 valence electrons. The molecule has 13 heavy (non-hydrogen) atoms. The van der Waals surface area contributed by atoms with Gasteiger partial charge in [0.2, 0.25) is 5.69 Å². The summed E-state index contributed by atoms with van der Waals surface area (Å²) in [6.45, 7) is 1.76. The van der Waals surface area contributed by atoms with Crippen LogP contribution in [0.1, 0.15) is 17.4 Å². The van der Waals surface area contributed by atoms with Crippen LogP contribution < -0.4 is 0 Å². The molecule has 0 aliphatic heterocycles. The molecule has 0 amide bonds. The molecule has 0 aromatic carbocycles. The zero-order valence-electron chi connectivity index (χ0n) is 6.81. The minimum Gasteiger partial charge on any atom is -0.461 e. The van der Waals surface area contributed by atoms with E-state index in [0.29, 0.717) is 0 Å². The zero-order valence-corrected chi connectivity index (χ0v) is 6.81. The van der Waals surface area contributed by atoms with Gasteiger partial charge in [-0.05, 0) is 11.8 Å². The van der Waals surface area contributed by atoms with E-state index in [-0.39, 0.29) is 12.3 Å². The number of nitrogens with one attached hydrogen (secondary N) is 1. The number of carbonyl (C=O) groups excluding carboxylic acids is 1. The maximum atomic E-state index is 11.0. The molecule has 1 aromatic heterocycles. The first-order chi connectivity index (χ1) is 6.16. The molecule has 1 aromatic rings. The molecule has 0 saturated heterocycles. The molecule has 0 radical (unpaired) electrons. The third-order valence-corrected chi connectivity index (χ3v) is 1.27. The fraction of sp³-hybridized carbons (Fsp3) is 0.333. The van der Waals surface area contributed by atoms with E-state index in [1.807, 2.05) is 0 Å². The topological polar surface area (TPSA) is 98.1 Å². The van der Waals surface area contributed by atoms with Gasteiger partial charge in [0.15, 0.2) is 6.33 Å². The monoisotopic (exact) mass is 185 g/mol. The van der Waals surface area contributed by atoms with Crippen molar-refractivity contribution in [3.63, 3.8) is 0 Å². The van der Waals surface area contributed by atoms with Crippen molar-refractivity contribution in [3.8, 4) is 0 Å². The van der Waals surface area contributed by atoms with E-state index in [2.05, 4.69) is 14.7 Å². The fourth-order valence-corrected chi connectivity index (χ4v) is 0.775. The second kappa shape index (κ2) is 3.65. The summed E-state index contributed by atoms with van der Waals surface area (Å²) in [5.74, 6) is -1.24. The van der Waals surface area contributed by atoms with E-state index in [1.54, 1.807) is 6.92 Å². The van der Waals surface area contributed by atoms with Gasteiger partial charge in [0.05, 0.1) is 6.61 Å². The van der Waals surface area contributed by atoms with Gasteiger partial charge in [-0.25, -0.2) is 14.8 Å². The Kier molecular flexibility index (Phi) is 2.58. The lowest BCUT2D eigenvalue weighted by Gasteiger charge is -1.97. The Balaban J connectivity index is 2.93. The Morgan fingerprint density at radius 3 is 3.08 bits per heavy atom. The zero-order chi connectivity index (χ0) is 9.84. The Bertz CT molecular complexity index is 332. The third-order valence-electron chi connectivity index (χ3n) is 1.27. The first-order valence-electron chi connectivity index (χ1n) is 3.51. The fourth-order valence-electron chi connectivity index (χ4n) is 0.775. The number of nitro groups is 1. The van der Waals surface area contributed by atoms with E-state index in [9.17, 15) is 14.9 Å². The van der Waals surface area contributed by atoms with Crippen molar-refractivity contribution in [2.45, 2.75) is 6.92 Å². The van der Waals surface area contributed by atoms with Crippen molar-refractivity contribution in [1.82, 2.24) is 9.97 Å². The summed E-state index contributed by atoms with van der Waals surface area (Å²) in [7, 11) is 0. The number of hydrogen-bond donors (Lipinski definition) is 1. The van der Waals surface area contributed by atoms with Crippen LogP contribution in [0.2, 0.25) is 0 Å². The standard InChI is InChI=1S/C6H7N3O4/c1-2-13-6(10)4-5(9(11)12)8-3-7-4/h3H,2H2,1H3,(H,7,8). The maximum Gasteiger partial charge on any atom is 0.365 e. The molecule has 1 N–H and O–H groups in total. The lowest BCUT2D eigenvalue weighted by atomic mass is 10.4. The maximum absolute atomic E-state index is 11.0. The summed E-state index contributed by atoms with van der Waals surface area (Å²) in [5.41, 5.74) is -0.299. The molecule has 0 unspecified atom stereocenters. The number of H-pyrrole nitrogens is 1. The van der Waals surface area contributed by atoms with E-state index in [1.165, 1.54) is 0 Å². The van der Waals surface area contributed by atoms with Gasteiger partial charge in [-0.15, -0.1) is 0 Å². The molecule has 0 fully saturated rings. The highest BCUT2D eigenvalue weighted by atomic mass is 16.6. The quantitative estimate of drug-likeness (QED) is 0.420. The summed E-state index contributed by atoms with van der Waals surface area (Å²) < 4.78 is 4.55. The third kappa shape index (κ3) is 1.81. The average Bonchev–Trinajstić information content (AvgIpc) is 2.52. The molecule has 7 heteroatoms. The van der Waals surface area contributed by atoms with Crippen LogP contribution in [0.25, 0.3) is 0 Å². The van der Waals surface area contributed by atoms with Gasteiger partial charge in [0, 0.05) is 0 Å². The molecule has 0 saturated carbocycles. The highest BCUT2D eigenvalue weighted by Crippen LogP contribution is 2.12. The second-order valence-electron chi connectivity index (χ2n) is 2.08. The molecule has 7 nitrogen and oxygen atoms in total. The van der Waals surface area contributed by atoms with Gasteiger partial charge >= 0.3 is 11.8 Å². The lowest BCUT2D eigenvalue weighted by molar-refractivity contribution is -0.389. The molecule has 0 aliphatic carbocycles. The van der Waals surface area contributed by atoms with Gasteiger partial charge < -0.3 is 14.9 Å². The molecule has 0 atom stereocenters. The number of aromatic nitrogens is 2. The molecular formula is C6H7N3O4. The van der Waals surface area contributed by atoms with Crippen molar-refractivity contribution in [2.75, 3.05) is 6.61 Å². The highest BCUT2D eigenvalue weighted by molar-refractivity contribution is 5.90. The van der Waals surface area contributed by atoms with Crippen molar-refractivity contribution < 1.29 is 14.5 Å². The largest absolute Gasteiger partial charge is 0.461 e. The number of rotatable bonds is 3. The Morgan fingerprint density at radius 1 is 1.85 bits per heavy atom. The Morgan fingerprint density at radius 2 is 2.54 bits per heavy atom. The van der Waals surface area contributed by atoms with Crippen LogP contribution in [0.4, 0.5) is 5.82 Å². The SMILES string of the molecule is CCOC(=O)c1nc[nH]c1[N+](=O)[O-].